The molecule has 0 aromatic rings. The maximum absolute atomic E-state index is 13.4. The monoisotopic (exact) mass is 1030 g/mol. The van der Waals surface area contributed by atoms with E-state index >= 15 is 0 Å². The van der Waals surface area contributed by atoms with Gasteiger partial charge in [-0.25, -0.2) is 0 Å². The maximum Gasteiger partial charge on any atom is 0.306 e. The van der Waals surface area contributed by atoms with Crippen molar-refractivity contribution in [3.63, 3.8) is 0 Å². The second-order valence-corrected chi connectivity index (χ2v) is 20.0. The molecule has 11 nitrogen and oxygen atoms in total. The van der Waals surface area contributed by atoms with Crippen LogP contribution in [0.3, 0.4) is 0 Å². The third kappa shape index (κ3) is 38.1. The molecule has 8 unspecified atom stereocenters. The molecule has 1 aliphatic heterocycles. The Morgan fingerprint density at radius 1 is 0.548 bits per heavy atom. The molecule has 0 spiro atoms. The summed E-state index contributed by atoms with van der Waals surface area (Å²) in [5.74, 6) is -1.29. The number of ether oxygens (including phenoxy) is 3. The molecule has 8 atom stereocenters. The molecule has 73 heavy (non-hydrogen) atoms. The van der Waals surface area contributed by atoms with Gasteiger partial charge in [0.25, 0.3) is 0 Å². The molecule has 0 aromatic carbocycles. The normalized spacial score (nSPS) is 20.0. The number of allylic oxidation sites excluding steroid dienone is 13. The first kappa shape index (κ1) is 67.9. The Morgan fingerprint density at radius 3 is 1.45 bits per heavy atom. The van der Waals surface area contributed by atoms with Crippen LogP contribution in [0.1, 0.15) is 233 Å². The number of aliphatic hydroxyl groups excluding tert-OH is 5. The lowest BCUT2D eigenvalue weighted by Crippen LogP contribution is -2.61. The second-order valence-electron chi connectivity index (χ2n) is 20.0. The van der Waals surface area contributed by atoms with Crippen molar-refractivity contribution in [3.05, 3.63) is 85.1 Å². The molecular formula is C62H107NO10. The lowest BCUT2D eigenvalue weighted by molar-refractivity contribution is -0.305. The fourth-order valence-electron chi connectivity index (χ4n) is 8.68. The molecule has 6 N–H and O–H groups in total. The molecule has 11 heteroatoms. The van der Waals surface area contributed by atoms with Gasteiger partial charge in [-0.2, -0.15) is 0 Å². The highest BCUT2D eigenvalue weighted by molar-refractivity contribution is 5.80. The maximum atomic E-state index is 13.4. The third-order valence-corrected chi connectivity index (χ3v) is 13.3. The number of nitrogens with one attached hydrogen (secondary N) is 1. The van der Waals surface area contributed by atoms with Gasteiger partial charge in [-0.3, -0.25) is 9.59 Å². The van der Waals surface area contributed by atoms with Crippen LogP contribution in [0.4, 0.5) is 0 Å². The summed E-state index contributed by atoms with van der Waals surface area (Å²) in [5, 5.41) is 56.8. The van der Waals surface area contributed by atoms with Crippen LogP contribution in [0, 0.1) is 0 Å². The number of amides is 1. The molecule has 1 heterocycles. The van der Waals surface area contributed by atoms with Crippen LogP contribution in [0.5, 0.6) is 0 Å². The zero-order chi connectivity index (χ0) is 53.3. The Morgan fingerprint density at radius 2 is 0.986 bits per heavy atom. The van der Waals surface area contributed by atoms with Gasteiger partial charge in [0.05, 0.1) is 25.4 Å². The van der Waals surface area contributed by atoms with E-state index in [0.29, 0.717) is 19.3 Å². The van der Waals surface area contributed by atoms with E-state index in [0.717, 1.165) is 70.6 Å². The van der Waals surface area contributed by atoms with Crippen LogP contribution in [0.2, 0.25) is 0 Å². The van der Waals surface area contributed by atoms with E-state index < -0.39 is 67.4 Å². The lowest BCUT2D eigenvalue weighted by atomic mass is 9.99. The van der Waals surface area contributed by atoms with Gasteiger partial charge in [0.2, 0.25) is 5.91 Å². The molecule has 0 aromatic heterocycles. The summed E-state index contributed by atoms with van der Waals surface area (Å²) < 4.78 is 17.5. The fraction of sp³-hybridized carbons (Fsp3) is 0.742. The van der Waals surface area contributed by atoms with Crippen molar-refractivity contribution in [1.82, 2.24) is 5.32 Å². The molecule has 1 amide bonds. The predicted molar refractivity (Wildman–Crippen MR) is 301 cm³/mol. The molecule has 1 aliphatic rings. The highest BCUT2D eigenvalue weighted by atomic mass is 16.7. The number of hydrogen-bond donors (Lipinski definition) is 6. The zero-order valence-electron chi connectivity index (χ0n) is 46.2. The van der Waals surface area contributed by atoms with Gasteiger partial charge in [0.15, 0.2) is 12.4 Å². The average Bonchev–Trinajstić information content (AvgIpc) is 3.39. The van der Waals surface area contributed by atoms with Gasteiger partial charge in [-0.05, 0) is 64.2 Å². The summed E-state index contributed by atoms with van der Waals surface area (Å²) in [4.78, 5) is 26.4. The van der Waals surface area contributed by atoms with Crippen molar-refractivity contribution in [2.75, 3.05) is 13.2 Å². The van der Waals surface area contributed by atoms with Crippen LogP contribution in [-0.4, -0.2) is 99.6 Å². The van der Waals surface area contributed by atoms with Crippen LogP contribution in [-0.2, 0) is 23.8 Å². The van der Waals surface area contributed by atoms with Gasteiger partial charge in [0.1, 0.15) is 24.4 Å². The Bertz CT molecular complexity index is 1510. The minimum atomic E-state index is -1.65. The van der Waals surface area contributed by atoms with E-state index in [4.69, 9.17) is 14.2 Å². The summed E-state index contributed by atoms with van der Waals surface area (Å²) >= 11 is 0. The molecular weight excluding hydrogens is 919 g/mol. The van der Waals surface area contributed by atoms with Gasteiger partial charge < -0.3 is 45.1 Å². The standard InChI is InChI=1S/C62H107NO10/c1-4-7-10-13-16-19-22-25-26-27-28-29-30-32-35-38-41-44-47-50-57(67)73-60-59(69)58(68)56(51-64)72-62(60)71-52-53(54(65)48-45-42-39-36-34-31-23-20-17-14-11-8-5-2)63-61(70)55(66)49-46-43-40-37-33-24-21-18-15-12-9-6-3/h7,10,16,19,25-26,28-29,32,35,41,44-45,48,53-56,58-60,62,64-66,68-69H,4-6,8-9,11-15,17-18,20-24,27,30-31,33-34,36-40,42-43,46-47,49-52H2,1-3H3,(H,63,70)/b10-7-,19-16-,26-25-,29-28-,35-32-,44-41-,48-45+. The number of carbonyl (C=O) groups excluding carboxylic acids is 2. The van der Waals surface area contributed by atoms with Gasteiger partial charge in [0, 0.05) is 6.42 Å². The molecule has 1 fully saturated rings. The second kappa shape index (κ2) is 49.7. The minimum absolute atomic E-state index is 0.00394. The Labute approximate surface area is 444 Å². The molecule has 1 rings (SSSR count). The Hall–Kier alpha value is -3.16. The summed E-state index contributed by atoms with van der Waals surface area (Å²) in [7, 11) is 0. The molecule has 0 radical (unpaired) electrons. The van der Waals surface area contributed by atoms with Crippen molar-refractivity contribution in [1.29, 1.82) is 0 Å². The van der Waals surface area contributed by atoms with Crippen molar-refractivity contribution < 1.29 is 49.3 Å². The average molecular weight is 1030 g/mol. The van der Waals surface area contributed by atoms with Gasteiger partial charge in [-0.1, -0.05) is 247 Å². The van der Waals surface area contributed by atoms with E-state index in [-0.39, 0.29) is 19.4 Å². The van der Waals surface area contributed by atoms with Crippen LogP contribution < -0.4 is 5.32 Å². The summed E-state index contributed by atoms with van der Waals surface area (Å²) in [6, 6.07) is -1.04. The van der Waals surface area contributed by atoms with E-state index in [9.17, 15) is 35.1 Å². The molecule has 0 bridgehead atoms. The molecule has 0 saturated carbocycles. The number of rotatable bonds is 48. The minimum Gasteiger partial charge on any atom is -0.454 e. The first-order valence-electron chi connectivity index (χ1n) is 29.4. The van der Waals surface area contributed by atoms with Gasteiger partial charge >= 0.3 is 5.97 Å². The molecule has 1 saturated heterocycles. The van der Waals surface area contributed by atoms with E-state index in [1.807, 2.05) is 18.2 Å². The van der Waals surface area contributed by atoms with Crippen LogP contribution in [0.25, 0.3) is 0 Å². The SMILES string of the molecule is CC/C=C\C/C=C\C/C=C\C/C=C\C/C=C\C/C=C\CCC(=O)OC1C(OCC(NC(=O)C(O)CCCCCCCCCCCCCC)C(O)/C=C/CCCCCCCCCCCCC)OC(CO)C(O)C1O. The van der Waals surface area contributed by atoms with Crippen molar-refractivity contribution in [2.45, 2.75) is 282 Å². The molecule has 420 valence electrons. The fourth-order valence-corrected chi connectivity index (χ4v) is 8.68. The van der Waals surface area contributed by atoms with Crippen LogP contribution >= 0.6 is 0 Å². The smallest absolute Gasteiger partial charge is 0.306 e. The number of hydrogen-bond acceptors (Lipinski definition) is 10. The largest absolute Gasteiger partial charge is 0.454 e. The third-order valence-electron chi connectivity index (χ3n) is 13.3. The Balaban J connectivity index is 2.77. The molecule has 0 aliphatic carbocycles. The topological polar surface area (TPSA) is 175 Å². The highest BCUT2D eigenvalue weighted by Gasteiger charge is 2.47. The lowest BCUT2D eigenvalue weighted by Gasteiger charge is -2.41. The van der Waals surface area contributed by atoms with E-state index in [1.165, 1.54) is 109 Å². The summed E-state index contributed by atoms with van der Waals surface area (Å²) in [6.45, 7) is 5.62. The number of esters is 1. The quantitative estimate of drug-likeness (QED) is 0.0195. The number of unbranched alkanes of at least 4 members (excludes halogenated alkanes) is 22. The first-order chi connectivity index (χ1) is 35.7. The summed E-state index contributed by atoms with van der Waals surface area (Å²) in [6.07, 6.45) is 53.5. The van der Waals surface area contributed by atoms with Crippen molar-refractivity contribution in [2.24, 2.45) is 0 Å². The summed E-state index contributed by atoms with van der Waals surface area (Å²) in [5.41, 5.74) is 0. The highest BCUT2D eigenvalue weighted by Crippen LogP contribution is 2.26. The van der Waals surface area contributed by atoms with Crippen molar-refractivity contribution >= 4 is 11.9 Å². The number of aliphatic hydroxyl groups is 5. The predicted octanol–water partition coefficient (Wildman–Crippen LogP) is 13.4. The van der Waals surface area contributed by atoms with Crippen LogP contribution in [0.15, 0.2) is 85.1 Å². The van der Waals surface area contributed by atoms with E-state index in [1.54, 1.807) is 6.08 Å². The number of carbonyl (C=O) groups is 2. The Kier molecular flexibility index (Phi) is 46.2. The van der Waals surface area contributed by atoms with E-state index in [2.05, 4.69) is 86.8 Å². The van der Waals surface area contributed by atoms with Crippen molar-refractivity contribution in [3.8, 4) is 0 Å². The zero-order valence-corrected chi connectivity index (χ0v) is 46.2. The first-order valence-corrected chi connectivity index (χ1v) is 29.4. The van der Waals surface area contributed by atoms with Gasteiger partial charge in [-0.15, -0.1) is 0 Å².